The maximum absolute atomic E-state index is 6.34. The second-order valence-electron chi connectivity index (χ2n) is 4.13. The lowest BCUT2D eigenvalue weighted by atomic mass is 9.88. The third-order valence-corrected chi connectivity index (χ3v) is 5.22. The summed E-state index contributed by atoms with van der Waals surface area (Å²) in [5.74, 6) is 0. The molecule has 2 unspecified atom stereocenters. The molecule has 0 saturated heterocycles. The van der Waals surface area contributed by atoms with E-state index in [-0.39, 0.29) is 6.04 Å². The van der Waals surface area contributed by atoms with Crippen LogP contribution >= 0.6 is 23.3 Å². The molecule has 1 aliphatic carbocycles. The molecular weight excluding hydrogens is 250 g/mol. The summed E-state index contributed by atoms with van der Waals surface area (Å²) in [6.45, 7) is 0. The van der Waals surface area contributed by atoms with Gasteiger partial charge in [-0.3, -0.25) is 0 Å². The Hall–Kier alpha value is -0.910. The van der Waals surface area contributed by atoms with Crippen LogP contribution in [-0.4, -0.2) is 14.6 Å². The van der Waals surface area contributed by atoms with Crippen LogP contribution in [0.2, 0.25) is 0 Å². The fourth-order valence-corrected chi connectivity index (χ4v) is 4.09. The summed E-state index contributed by atoms with van der Waals surface area (Å²) in [7, 11) is 0. The van der Waals surface area contributed by atoms with Crippen molar-refractivity contribution in [3.63, 3.8) is 0 Å². The van der Waals surface area contributed by atoms with Crippen molar-refractivity contribution < 1.29 is 0 Å². The molecule has 0 bridgehead atoms. The number of nitrogens with zero attached hydrogens (tertiary/aromatic N) is 2. The summed E-state index contributed by atoms with van der Waals surface area (Å²) in [4.78, 5) is 4.22. The van der Waals surface area contributed by atoms with Gasteiger partial charge in [-0.1, -0.05) is 36.0 Å². The number of benzene rings is 1. The van der Waals surface area contributed by atoms with E-state index in [0.29, 0.717) is 5.25 Å². The molecule has 3 nitrogen and oxygen atoms in total. The maximum Gasteiger partial charge on any atom is 0.170 e. The Kier molecular flexibility index (Phi) is 3.13. The summed E-state index contributed by atoms with van der Waals surface area (Å²) < 4.78 is 5.04. The van der Waals surface area contributed by atoms with Crippen molar-refractivity contribution in [1.82, 2.24) is 9.36 Å². The minimum absolute atomic E-state index is 0.105. The molecule has 1 aromatic heterocycles. The molecule has 2 aromatic rings. The first kappa shape index (κ1) is 11.2. The van der Waals surface area contributed by atoms with Crippen LogP contribution in [0.15, 0.2) is 34.9 Å². The van der Waals surface area contributed by atoms with E-state index in [9.17, 15) is 0 Å². The van der Waals surface area contributed by atoms with Gasteiger partial charge in [0, 0.05) is 11.3 Å². The van der Waals surface area contributed by atoms with Crippen molar-refractivity contribution in [2.45, 2.75) is 28.5 Å². The number of aryl methyl sites for hydroxylation is 1. The Morgan fingerprint density at radius 1 is 1.35 bits per heavy atom. The van der Waals surface area contributed by atoms with E-state index in [4.69, 9.17) is 5.73 Å². The van der Waals surface area contributed by atoms with E-state index in [1.54, 1.807) is 18.1 Å². The number of fused-ring (bicyclic) bond motifs is 1. The highest BCUT2D eigenvalue weighted by Crippen LogP contribution is 2.38. The first-order valence-electron chi connectivity index (χ1n) is 5.61. The molecule has 0 radical (unpaired) electrons. The van der Waals surface area contributed by atoms with Gasteiger partial charge in [0.25, 0.3) is 0 Å². The smallest absolute Gasteiger partial charge is 0.170 e. The molecule has 1 aliphatic rings. The van der Waals surface area contributed by atoms with Gasteiger partial charge in [-0.2, -0.15) is 4.37 Å². The van der Waals surface area contributed by atoms with Gasteiger partial charge >= 0.3 is 0 Å². The normalized spacial score (nSPS) is 23.4. The van der Waals surface area contributed by atoms with Crippen molar-refractivity contribution in [3.05, 3.63) is 41.7 Å². The molecular formula is C12H13N3S2. The highest BCUT2D eigenvalue weighted by atomic mass is 32.2. The number of thioether (sulfide) groups is 1. The number of rotatable bonds is 2. The highest BCUT2D eigenvalue weighted by molar-refractivity contribution is 8.01. The maximum atomic E-state index is 6.34. The van der Waals surface area contributed by atoms with Crippen molar-refractivity contribution in [1.29, 1.82) is 0 Å². The standard InChI is InChI=1S/C12H13N3S2/c13-11-9-4-2-1-3-8(9)5-6-10(11)16-12-14-7-15-17-12/h1-4,7,10-11H,5-6,13H2. The first-order chi connectivity index (χ1) is 8.34. The predicted octanol–water partition coefficient (Wildman–Crippen LogP) is 2.65. The molecule has 0 spiro atoms. The largest absolute Gasteiger partial charge is 0.323 e. The molecule has 2 N–H and O–H groups in total. The van der Waals surface area contributed by atoms with Crippen molar-refractivity contribution in [2.24, 2.45) is 5.73 Å². The van der Waals surface area contributed by atoms with Gasteiger partial charge in [0.2, 0.25) is 0 Å². The monoisotopic (exact) mass is 263 g/mol. The lowest BCUT2D eigenvalue weighted by molar-refractivity contribution is 0.586. The van der Waals surface area contributed by atoms with Gasteiger partial charge < -0.3 is 5.73 Å². The fourth-order valence-electron chi connectivity index (χ4n) is 2.24. The molecule has 17 heavy (non-hydrogen) atoms. The zero-order valence-electron chi connectivity index (χ0n) is 9.24. The minimum Gasteiger partial charge on any atom is -0.323 e. The highest BCUT2D eigenvalue weighted by Gasteiger charge is 2.27. The number of aromatic nitrogens is 2. The molecule has 3 rings (SSSR count). The van der Waals surface area contributed by atoms with Crippen LogP contribution in [0, 0.1) is 0 Å². The Bertz CT molecular complexity index is 498. The lowest BCUT2D eigenvalue weighted by Crippen LogP contribution is -2.29. The van der Waals surface area contributed by atoms with Crippen LogP contribution in [-0.2, 0) is 6.42 Å². The van der Waals surface area contributed by atoms with Gasteiger partial charge in [0.1, 0.15) is 6.33 Å². The lowest BCUT2D eigenvalue weighted by Gasteiger charge is -2.29. The molecule has 5 heteroatoms. The summed E-state index contributed by atoms with van der Waals surface area (Å²) in [5.41, 5.74) is 9.03. The second kappa shape index (κ2) is 4.76. The molecule has 1 aromatic carbocycles. The van der Waals surface area contributed by atoms with Crippen LogP contribution in [0.25, 0.3) is 0 Å². The predicted molar refractivity (Wildman–Crippen MR) is 71.2 cm³/mol. The van der Waals surface area contributed by atoms with Gasteiger partial charge in [-0.25, -0.2) is 4.98 Å². The second-order valence-corrected chi connectivity index (χ2v) is 6.39. The Labute approximate surface area is 109 Å². The zero-order valence-corrected chi connectivity index (χ0v) is 10.9. The van der Waals surface area contributed by atoms with Gasteiger partial charge in [0.05, 0.1) is 0 Å². The zero-order chi connectivity index (χ0) is 11.7. The number of nitrogens with two attached hydrogens (primary N) is 1. The van der Waals surface area contributed by atoms with E-state index in [1.165, 1.54) is 22.7 Å². The number of hydrogen-bond donors (Lipinski definition) is 1. The van der Waals surface area contributed by atoms with Crippen LogP contribution in [0.5, 0.6) is 0 Å². The van der Waals surface area contributed by atoms with E-state index < -0.39 is 0 Å². The van der Waals surface area contributed by atoms with Crippen LogP contribution < -0.4 is 5.73 Å². The van der Waals surface area contributed by atoms with Gasteiger partial charge in [-0.15, -0.1) is 0 Å². The average Bonchev–Trinajstić information content (AvgIpc) is 2.86. The van der Waals surface area contributed by atoms with Crippen LogP contribution in [0.3, 0.4) is 0 Å². The fraction of sp³-hybridized carbons (Fsp3) is 0.333. The Balaban J connectivity index is 1.82. The Morgan fingerprint density at radius 3 is 3.06 bits per heavy atom. The number of hydrogen-bond acceptors (Lipinski definition) is 5. The Morgan fingerprint density at radius 2 is 2.24 bits per heavy atom. The molecule has 2 atom stereocenters. The quantitative estimate of drug-likeness (QED) is 0.905. The third-order valence-electron chi connectivity index (χ3n) is 3.11. The van der Waals surface area contributed by atoms with Crippen molar-refractivity contribution >= 4 is 23.3 Å². The van der Waals surface area contributed by atoms with Crippen LogP contribution in [0.4, 0.5) is 0 Å². The SMILES string of the molecule is NC1c2ccccc2CCC1Sc1ncns1. The van der Waals surface area contributed by atoms with E-state index in [2.05, 4.69) is 33.6 Å². The summed E-state index contributed by atoms with van der Waals surface area (Å²) in [5, 5.41) is 0.415. The summed E-state index contributed by atoms with van der Waals surface area (Å²) in [6.07, 6.45) is 3.83. The molecule has 0 aliphatic heterocycles. The molecule has 0 amide bonds. The topological polar surface area (TPSA) is 51.8 Å². The molecule has 88 valence electrons. The summed E-state index contributed by atoms with van der Waals surface area (Å²) >= 11 is 3.21. The third kappa shape index (κ3) is 2.22. The van der Waals surface area contributed by atoms with Gasteiger partial charge in [0.15, 0.2) is 4.34 Å². The molecule has 0 saturated carbocycles. The summed E-state index contributed by atoms with van der Waals surface area (Å²) in [6, 6.07) is 8.59. The molecule has 0 fully saturated rings. The van der Waals surface area contributed by atoms with E-state index >= 15 is 0 Å². The van der Waals surface area contributed by atoms with Crippen LogP contribution in [0.1, 0.15) is 23.6 Å². The van der Waals surface area contributed by atoms with E-state index in [1.807, 2.05) is 0 Å². The average molecular weight is 263 g/mol. The van der Waals surface area contributed by atoms with Crippen molar-refractivity contribution in [3.8, 4) is 0 Å². The first-order valence-corrected chi connectivity index (χ1v) is 7.26. The van der Waals surface area contributed by atoms with Gasteiger partial charge in [-0.05, 0) is 35.5 Å². The van der Waals surface area contributed by atoms with Crippen molar-refractivity contribution in [2.75, 3.05) is 0 Å². The minimum atomic E-state index is 0.105. The molecule has 1 heterocycles. The van der Waals surface area contributed by atoms with E-state index in [0.717, 1.165) is 17.2 Å².